The fourth-order valence-corrected chi connectivity index (χ4v) is 3.04. The maximum atomic E-state index is 4.65. The van der Waals surface area contributed by atoms with Gasteiger partial charge in [-0.25, -0.2) is 4.36 Å². The highest BCUT2D eigenvalue weighted by molar-refractivity contribution is 7.94. The van der Waals surface area contributed by atoms with Gasteiger partial charge < -0.3 is 0 Å². The molecular weight excluding hydrogens is 156 g/mol. The van der Waals surface area contributed by atoms with Crippen LogP contribution in [0.15, 0.2) is 8.73 Å². The summed E-state index contributed by atoms with van der Waals surface area (Å²) in [5.74, 6) is 0. The highest BCUT2D eigenvalue weighted by Gasteiger charge is 2.07. The Morgan fingerprint density at radius 1 is 1.18 bits per heavy atom. The smallest absolute Gasteiger partial charge is 0.0602 e. The minimum atomic E-state index is -1.04. The van der Waals surface area contributed by atoms with Crippen LogP contribution in [0.5, 0.6) is 0 Å². The van der Waals surface area contributed by atoms with Crippen molar-refractivity contribution in [2.24, 2.45) is 8.73 Å². The molecule has 0 N–H and O–H groups in total. The molecule has 0 heterocycles. The van der Waals surface area contributed by atoms with Crippen molar-refractivity contribution < 1.29 is 0 Å². The molecule has 0 atom stereocenters. The summed E-state index contributed by atoms with van der Waals surface area (Å²) < 4.78 is 9.11. The number of hydrogen-bond acceptors (Lipinski definition) is 2. The molecule has 0 radical (unpaired) electrons. The summed E-state index contributed by atoms with van der Waals surface area (Å²) in [4.78, 5) is 0. The van der Waals surface area contributed by atoms with Gasteiger partial charge in [-0.1, -0.05) is 9.62 Å². The van der Waals surface area contributed by atoms with Crippen LogP contribution in [0, 0.1) is 0 Å². The molecule has 68 valence electrons. The van der Waals surface area contributed by atoms with Gasteiger partial charge in [0.15, 0.2) is 0 Å². The van der Waals surface area contributed by atoms with E-state index in [0.717, 1.165) is 6.54 Å². The summed E-state index contributed by atoms with van der Waals surface area (Å²) in [6.45, 7) is 9.29. The molecule has 0 unspecified atom stereocenters. The lowest BCUT2D eigenvalue weighted by Gasteiger charge is -2.15. The Hall–Kier alpha value is -0.0500. The van der Waals surface area contributed by atoms with Gasteiger partial charge in [-0.05, 0) is 27.7 Å². The van der Waals surface area contributed by atoms with E-state index in [1.54, 1.807) is 0 Å². The predicted octanol–water partition coefficient (Wildman–Crippen LogP) is 2.59. The lowest BCUT2D eigenvalue weighted by atomic mass is 10.1. The number of rotatable bonds is 1. The summed E-state index contributed by atoms with van der Waals surface area (Å²) in [5, 5.41) is 0. The molecule has 0 aliphatic heterocycles. The lowest BCUT2D eigenvalue weighted by Crippen LogP contribution is -2.12. The second-order valence-corrected chi connectivity index (χ2v) is 6.81. The largest absolute Gasteiger partial charge is 0.256 e. The van der Waals surface area contributed by atoms with Crippen LogP contribution in [0.1, 0.15) is 27.7 Å². The molecule has 0 amide bonds. The average molecular weight is 176 g/mol. The van der Waals surface area contributed by atoms with E-state index in [2.05, 4.69) is 48.9 Å². The van der Waals surface area contributed by atoms with Crippen molar-refractivity contribution in [3.8, 4) is 0 Å². The molecule has 3 heteroatoms. The van der Waals surface area contributed by atoms with Crippen molar-refractivity contribution in [2.75, 3.05) is 19.1 Å². The maximum Gasteiger partial charge on any atom is 0.0602 e. The molecule has 11 heavy (non-hydrogen) atoms. The van der Waals surface area contributed by atoms with Crippen molar-refractivity contribution in [1.82, 2.24) is 0 Å². The normalized spacial score (nSPS) is 12.9. The molecule has 0 fully saturated rings. The van der Waals surface area contributed by atoms with Gasteiger partial charge in [-0.2, -0.15) is 0 Å². The molecule has 0 aromatic rings. The van der Waals surface area contributed by atoms with Crippen LogP contribution < -0.4 is 0 Å². The van der Waals surface area contributed by atoms with Gasteiger partial charge >= 0.3 is 0 Å². The number of hydrogen-bond donors (Lipinski definition) is 0. The van der Waals surface area contributed by atoms with Crippen LogP contribution in [0.3, 0.4) is 0 Å². The Morgan fingerprint density at radius 2 is 1.64 bits per heavy atom. The van der Waals surface area contributed by atoms with Crippen molar-refractivity contribution >= 4 is 9.62 Å². The Bertz CT molecular complexity index is 219. The van der Waals surface area contributed by atoms with E-state index >= 15 is 0 Å². The lowest BCUT2D eigenvalue weighted by molar-refractivity contribution is 0.592. The van der Waals surface area contributed by atoms with Gasteiger partial charge in [-0.15, -0.1) is 0 Å². The van der Waals surface area contributed by atoms with Crippen LogP contribution in [0.4, 0.5) is 0 Å². The molecule has 2 nitrogen and oxygen atoms in total. The summed E-state index contributed by atoms with van der Waals surface area (Å²) in [6.07, 6.45) is 4.25. The second kappa shape index (κ2) is 3.57. The maximum absolute atomic E-state index is 4.65. The highest BCUT2D eigenvalue weighted by Crippen LogP contribution is 2.10. The van der Waals surface area contributed by atoms with Crippen molar-refractivity contribution in [1.29, 1.82) is 0 Å². The zero-order valence-corrected chi connectivity index (χ0v) is 9.33. The van der Waals surface area contributed by atoms with Crippen molar-refractivity contribution in [2.45, 2.75) is 33.2 Å². The van der Waals surface area contributed by atoms with Gasteiger partial charge in [0.1, 0.15) is 0 Å². The molecule has 0 saturated heterocycles. The van der Waals surface area contributed by atoms with E-state index < -0.39 is 9.62 Å². The first-order chi connectivity index (χ1) is 4.77. The van der Waals surface area contributed by atoms with E-state index in [-0.39, 0.29) is 5.54 Å². The van der Waals surface area contributed by atoms with Crippen LogP contribution in [0.2, 0.25) is 0 Å². The third kappa shape index (κ3) is 6.35. The van der Waals surface area contributed by atoms with Crippen LogP contribution >= 0.6 is 0 Å². The van der Waals surface area contributed by atoms with Gasteiger partial charge in [-0.3, -0.25) is 4.36 Å². The molecule has 0 aliphatic carbocycles. The van der Waals surface area contributed by atoms with Crippen molar-refractivity contribution in [3.63, 3.8) is 0 Å². The zero-order chi connectivity index (χ0) is 9.12. The van der Waals surface area contributed by atoms with Gasteiger partial charge in [0.05, 0.1) is 5.54 Å². The van der Waals surface area contributed by atoms with E-state index in [1.807, 2.05) is 0 Å². The summed E-state index contributed by atoms with van der Waals surface area (Å²) in [6, 6.07) is 0. The fourth-order valence-electron chi connectivity index (χ4n) is 1.01. The van der Waals surface area contributed by atoms with Crippen LogP contribution in [0.25, 0.3) is 0 Å². The highest BCUT2D eigenvalue weighted by atomic mass is 32.2. The summed E-state index contributed by atoms with van der Waals surface area (Å²) in [7, 11) is -1.04. The SMILES string of the molecule is CCN=S(C)(C)=NC(C)(C)C. The molecule has 0 spiro atoms. The minimum Gasteiger partial charge on any atom is -0.256 e. The molecule has 0 aromatic carbocycles. The Kier molecular flexibility index (Phi) is 3.55. The second-order valence-electron chi connectivity index (χ2n) is 3.93. The van der Waals surface area contributed by atoms with Crippen LogP contribution in [-0.4, -0.2) is 24.6 Å². The summed E-state index contributed by atoms with van der Waals surface area (Å²) >= 11 is 0. The van der Waals surface area contributed by atoms with Gasteiger partial charge in [0.2, 0.25) is 0 Å². The summed E-state index contributed by atoms with van der Waals surface area (Å²) in [5.41, 5.74) is 0.0531. The Labute approximate surface area is 71.2 Å². The fraction of sp³-hybridized carbons (Fsp3) is 1.00. The van der Waals surface area contributed by atoms with E-state index in [9.17, 15) is 0 Å². The topological polar surface area (TPSA) is 24.7 Å². The van der Waals surface area contributed by atoms with E-state index in [1.165, 1.54) is 0 Å². The first-order valence-corrected chi connectivity index (χ1v) is 6.29. The zero-order valence-electron chi connectivity index (χ0n) is 8.51. The third-order valence-electron chi connectivity index (χ3n) is 0.942. The molecule has 0 rings (SSSR count). The molecule has 0 saturated carbocycles. The number of nitrogens with zero attached hydrogens (tertiary/aromatic N) is 2. The van der Waals surface area contributed by atoms with Crippen LogP contribution in [-0.2, 0) is 9.62 Å². The van der Waals surface area contributed by atoms with Gasteiger partial charge in [0.25, 0.3) is 0 Å². The first kappa shape index (κ1) is 11.0. The standard InChI is InChI=1S/C8H20N2S/c1-7-9-11(5,6)10-8(2,3)4/h7H2,1-6H3. The third-order valence-corrected chi connectivity index (χ3v) is 2.83. The molecule has 0 aromatic heterocycles. The molecule has 0 aliphatic rings. The predicted molar refractivity (Wildman–Crippen MR) is 54.4 cm³/mol. The Balaban J connectivity index is 4.82. The van der Waals surface area contributed by atoms with Crippen molar-refractivity contribution in [3.05, 3.63) is 0 Å². The van der Waals surface area contributed by atoms with Gasteiger partial charge in [0, 0.05) is 19.1 Å². The molecular formula is C8H20N2S. The average Bonchev–Trinajstić information content (AvgIpc) is 1.55. The first-order valence-electron chi connectivity index (χ1n) is 3.93. The van der Waals surface area contributed by atoms with E-state index in [0.29, 0.717) is 0 Å². The minimum absolute atomic E-state index is 0.0531. The monoisotopic (exact) mass is 176 g/mol. The Morgan fingerprint density at radius 3 is 1.91 bits per heavy atom. The quantitative estimate of drug-likeness (QED) is 0.586. The van der Waals surface area contributed by atoms with E-state index in [4.69, 9.17) is 0 Å². The molecule has 0 bridgehead atoms.